The number of nitrogens with one attached hydrogen (secondary N) is 2. The van der Waals surface area contributed by atoms with Gasteiger partial charge in [-0.05, 0) is 6.07 Å². The van der Waals surface area contributed by atoms with E-state index < -0.39 is 11.9 Å². The van der Waals surface area contributed by atoms with Gasteiger partial charge < -0.3 is 10.1 Å². The first kappa shape index (κ1) is 10.4. The quantitative estimate of drug-likeness (QED) is 0.746. The number of hydrogen-bond acceptors (Lipinski definition) is 3. The summed E-state index contributed by atoms with van der Waals surface area (Å²) in [5, 5.41) is 8.58. The number of H-pyrrole nitrogens is 1. The summed E-state index contributed by atoms with van der Waals surface area (Å²) in [7, 11) is 0. The van der Waals surface area contributed by atoms with Crippen LogP contribution in [0.3, 0.4) is 0 Å². The van der Waals surface area contributed by atoms with Gasteiger partial charge in [-0.15, -0.1) is 0 Å². The molecule has 4 nitrogen and oxygen atoms in total. The van der Waals surface area contributed by atoms with Crippen molar-refractivity contribution in [3.05, 3.63) is 17.5 Å². The molecule has 0 bridgehead atoms. The normalized spacial score (nSPS) is 23.0. The minimum Gasteiger partial charge on any atom is -0.369 e. The predicted molar refractivity (Wildman–Crippen MR) is 45.2 cm³/mol. The zero-order valence-corrected chi connectivity index (χ0v) is 7.77. The fourth-order valence-corrected chi connectivity index (χ4v) is 1.41. The monoisotopic (exact) mass is 221 g/mol. The first-order chi connectivity index (χ1) is 7.07. The van der Waals surface area contributed by atoms with Crippen LogP contribution in [0.1, 0.15) is 17.5 Å². The Bertz CT molecular complexity index is 330. The minimum atomic E-state index is -4.41. The number of hydrogen-bond donors (Lipinski definition) is 2. The summed E-state index contributed by atoms with van der Waals surface area (Å²) in [4.78, 5) is 0. The third-order valence-electron chi connectivity index (χ3n) is 2.16. The van der Waals surface area contributed by atoms with Gasteiger partial charge in [0.1, 0.15) is 6.10 Å². The summed E-state index contributed by atoms with van der Waals surface area (Å²) in [5.41, 5.74) is -0.554. The zero-order chi connectivity index (χ0) is 10.9. The van der Waals surface area contributed by atoms with Crippen molar-refractivity contribution in [3.63, 3.8) is 0 Å². The molecule has 1 aromatic rings. The standard InChI is InChI=1S/C8H10F3N3O/c9-8(10,11)7-3-5(13-14-7)6-4-12-1-2-15-6/h3,6,12H,1-2,4H2,(H,13,14). The lowest BCUT2D eigenvalue weighted by atomic mass is 10.2. The molecule has 2 rings (SSSR count). The molecule has 2 N–H and O–H groups in total. The molecule has 1 aliphatic heterocycles. The lowest BCUT2D eigenvalue weighted by Crippen LogP contribution is -2.33. The van der Waals surface area contributed by atoms with E-state index in [4.69, 9.17) is 4.74 Å². The average Bonchev–Trinajstić information content (AvgIpc) is 2.67. The van der Waals surface area contributed by atoms with Crippen molar-refractivity contribution in [2.45, 2.75) is 12.3 Å². The van der Waals surface area contributed by atoms with Crippen LogP contribution in [-0.4, -0.2) is 29.9 Å². The minimum absolute atomic E-state index is 0.356. The van der Waals surface area contributed by atoms with Gasteiger partial charge in [0.2, 0.25) is 0 Å². The van der Waals surface area contributed by atoms with Crippen LogP contribution < -0.4 is 5.32 Å². The highest BCUT2D eigenvalue weighted by Gasteiger charge is 2.34. The Hall–Kier alpha value is -1.08. The Balaban J connectivity index is 2.12. The highest BCUT2D eigenvalue weighted by Crippen LogP contribution is 2.29. The Kier molecular flexibility index (Phi) is 2.66. The lowest BCUT2D eigenvalue weighted by molar-refractivity contribution is -0.141. The van der Waals surface area contributed by atoms with Crippen LogP contribution in [0.15, 0.2) is 6.07 Å². The molecule has 0 aliphatic carbocycles. The number of aromatic nitrogens is 2. The van der Waals surface area contributed by atoms with Gasteiger partial charge in [0, 0.05) is 13.1 Å². The number of ether oxygens (including phenoxy) is 1. The summed E-state index contributed by atoms with van der Waals surface area (Å²) in [6.45, 7) is 1.71. The molecule has 7 heteroatoms. The van der Waals surface area contributed by atoms with E-state index in [1.165, 1.54) is 0 Å². The molecular weight excluding hydrogens is 211 g/mol. The van der Waals surface area contributed by atoms with E-state index in [1.54, 1.807) is 0 Å². The van der Waals surface area contributed by atoms with E-state index in [9.17, 15) is 13.2 Å². The van der Waals surface area contributed by atoms with Crippen molar-refractivity contribution >= 4 is 0 Å². The largest absolute Gasteiger partial charge is 0.435 e. The Morgan fingerprint density at radius 2 is 2.27 bits per heavy atom. The van der Waals surface area contributed by atoms with Crippen molar-refractivity contribution in [3.8, 4) is 0 Å². The van der Waals surface area contributed by atoms with E-state index in [1.807, 2.05) is 0 Å². The summed E-state index contributed by atoms with van der Waals surface area (Å²) in [6, 6.07) is 0.984. The summed E-state index contributed by atoms with van der Waals surface area (Å²) >= 11 is 0. The van der Waals surface area contributed by atoms with Crippen molar-refractivity contribution in [1.82, 2.24) is 15.5 Å². The number of halogens is 3. The van der Waals surface area contributed by atoms with Crippen LogP contribution in [0.2, 0.25) is 0 Å². The molecule has 2 heterocycles. The Morgan fingerprint density at radius 1 is 1.47 bits per heavy atom. The molecule has 0 radical (unpaired) electrons. The van der Waals surface area contributed by atoms with E-state index in [-0.39, 0.29) is 6.10 Å². The van der Waals surface area contributed by atoms with Crippen molar-refractivity contribution in [1.29, 1.82) is 0 Å². The Morgan fingerprint density at radius 3 is 2.80 bits per heavy atom. The van der Waals surface area contributed by atoms with Crippen LogP contribution in [0.5, 0.6) is 0 Å². The molecule has 1 fully saturated rings. The maximum Gasteiger partial charge on any atom is 0.435 e. The third kappa shape index (κ3) is 2.29. The molecule has 1 unspecified atom stereocenters. The molecule has 0 spiro atoms. The highest BCUT2D eigenvalue weighted by molar-refractivity contribution is 5.14. The van der Waals surface area contributed by atoms with E-state index in [0.717, 1.165) is 12.6 Å². The van der Waals surface area contributed by atoms with Gasteiger partial charge in [0.25, 0.3) is 0 Å². The third-order valence-corrected chi connectivity index (χ3v) is 2.16. The van der Waals surface area contributed by atoms with Crippen LogP contribution in [0, 0.1) is 0 Å². The molecule has 1 aliphatic rings. The number of morpholine rings is 1. The maximum atomic E-state index is 12.2. The topological polar surface area (TPSA) is 49.9 Å². The molecular formula is C8H10F3N3O. The molecule has 0 aromatic carbocycles. The molecule has 15 heavy (non-hydrogen) atoms. The Labute approximate surface area is 83.8 Å². The van der Waals surface area contributed by atoms with E-state index in [2.05, 4.69) is 15.5 Å². The molecule has 0 amide bonds. The second kappa shape index (κ2) is 3.82. The van der Waals surface area contributed by atoms with E-state index >= 15 is 0 Å². The zero-order valence-electron chi connectivity index (χ0n) is 7.77. The van der Waals surface area contributed by atoms with Crippen LogP contribution in [-0.2, 0) is 10.9 Å². The van der Waals surface area contributed by atoms with Crippen molar-refractivity contribution < 1.29 is 17.9 Å². The maximum absolute atomic E-state index is 12.2. The molecule has 0 saturated carbocycles. The summed E-state index contributed by atoms with van der Waals surface area (Å²) < 4.78 is 42.0. The number of aromatic amines is 1. The fraction of sp³-hybridized carbons (Fsp3) is 0.625. The molecule has 1 saturated heterocycles. The predicted octanol–water partition coefficient (Wildman–Crippen LogP) is 1.09. The second-order valence-electron chi connectivity index (χ2n) is 3.27. The lowest BCUT2D eigenvalue weighted by Gasteiger charge is -2.22. The molecule has 1 atom stereocenters. The van der Waals surface area contributed by atoms with Gasteiger partial charge in [-0.3, -0.25) is 5.10 Å². The van der Waals surface area contributed by atoms with Crippen molar-refractivity contribution in [2.75, 3.05) is 19.7 Å². The summed E-state index contributed by atoms with van der Waals surface area (Å²) in [5.74, 6) is 0. The van der Waals surface area contributed by atoms with E-state index in [0.29, 0.717) is 18.8 Å². The fourth-order valence-electron chi connectivity index (χ4n) is 1.41. The van der Waals surface area contributed by atoms with Gasteiger partial charge in [-0.25, -0.2) is 0 Å². The number of nitrogens with zero attached hydrogens (tertiary/aromatic N) is 1. The van der Waals surface area contributed by atoms with Gasteiger partial charge in [0.15, 0.2) is 5.69 Å². The van der Waals surface area contributed by atoms with Gasteiger partial charge >= 0.3 is 6.18 Å². The number of alkyl halides is 3. The first-order valence-electron chi connectivity index (χ1n) is 4.52. The van der Waals surface area contributed by atoms with Gasteiger partial charge in [-0.1, -0.05) is 0 Å². The van der Waals surface area contributed by atoms with Crippen molar-refractivity contribution in [2.24, 2.45) is 0 Å². The second-order valence-corrected chi connectivity index (χ2v) is 3.27. The SMILES string of the molecule is FC(F)(F)c1cc(C2CNCCO2)[nH]n1. The van der Waals surface area contributed by atoms with Crippen LogP contribution in [0.25, 0.3) is 0 Å². The average molecular weight is 221 g/mol. The smallest absolute Gasteiger partial charge is 0.369 e. The summed E-state index contributed by atoms with van der Waals surface area (Å²) in [6.07, 6.45) is -4.78. The van der Waals surface area contributed by atoms with Crippen LogP contribution >= 0.6 is 0 Å². The molecule has 84 valence electrons. The highest BCUT2D eigenvalue weighted by atomic mass is 19.4. The first-order valence-corrected chi connectivity index (χ1v) is 4.52. The van der Waals surface area contributed by atoms with Gasteiger partial charge in [-0.2, -0.15) is 18.3 Å². The number of rotatable bonds is 1. The molecule has 1 aromatic heterocycles. The van der Waals surface area contributed by atoms with Crippen LogP contribution in [0.4, 0.5) is 13.2 Å². The van der Waals surface area contributed by atoms with Gasteiger partial charge in [0.05, 0.1) is 12.3 Å².